The van der Waals surface area contributed by atoms with Crippen molar-refractivity contribution in [1.82, 2.24) is 9.29 Å². The Morgan fingerprint density at radius 2 is 1.74 bits per heavy atom. The normalized spacial score (nSPS) is 12.4. The number of pyridine rings is 1. The second kappa shape index (κ2) is 5.62. The van der Waals surface area contributed by atoms with Crippen molar-refractivity contribution >= 4 is 15.7 Å². The molecule has 0 aliphatic heterocycles. The lowest BCUT2D eigenvalue weighted by atomic mass is 10.3. The van der Waals surface area contributed by atoms with Gasteiger partial charge in [0, 0.05) is 24.3 Å². The molecule has 0 saturated heterocycles. The lowest BCUT2D eigenvalue weighted by Gasteiger charge is -2.29. The fourth-order valence-electron chi connectivity index (χ4n) is 1.92. The molecule has 19 heavy (non-hydrogen) atoms. The van der Waals surface area contributed by atoms with E-state index in [0.717, 1.165) is 18.5 Å². The summed E-state index contributed by atoms with van der Waals surface area (Å²) < 4.78 is 26.2. The first kappa shape index (κ1) is 15.5. The van der Waals surface area contributed by atoms with Gasteiger partial charge in [-0.3, -0.25) is 15.1 Å². The summed E-state index contributed by atoms with van der Waals surface area (Å²) in [5.74, 6) is 0. The third-order valence-electron chi connectivity index (χ3n) is 2.50. The quantitative estimate of drug-likeness (QED) is 0.608. The van der Waals surface area contributed by atoms with Gasteiger partial charge in [0.15, 0.2) is 0 Å². The van der Waals surface area contributed by atoms with E-state index in [2.05, 4.69) is 4.98 Å². The second-order valence-corrected chi connectivity index (χ2v) is 6.50. The van der Waals surface area contributed by atoms with Crippen LogP contribution in [0, 0.1) is 10.1 Å². The van der Waals surface area contributed by atoms with E-state index in [1.165, 1.54) is 4.31 Å². The summed E-state index contributed by atoms with van der Waals surface area (Å²) in [5, 5.41) is 10.7. The van der Waals surface area contributed by atoms with Gasteiger partial charge in [-0.1, -0.05) is 0 Å². The predicted octanol–water partition coefficient (Wildman–Crippen LogP) is 1.80. The Kier molecular flexibility index (Phi) is 4.59. The molecule has 0 fully saturated rings. The van der Waals surface area contributed by atoms with Crippen molar-refractivity contribution in [2.24, 2.45) is 0 Å². The Hall–Kier alpha value is -1.54. The Balaban J connectivity index is 3.33. The maximum Gasteiger partial charge on any atom is 0.288 e. The molecule has 0 aliphatic rings. The van der Waals surface area contributed by atoms with E-state index in [1.54, 1.807) is 27.7 Å². The summed E-state index contributed by atoms with van der Waals surface area (Å²) in [6.07, 6.45) is 2.15. The molecular formula is C11H17N3O4S. The molecule has 8 heteroatoms. The van der Waals surface area contributed by atoms with Crippen molar-refractivity contribution in [2.45, 2.75) is 44.7 Å². The van der Waals surface area contributed by atoms with Gasteiger partial charge < -0.3 is 0 Å². The van der Waals surface area contributed by atoms with Crippen molar-refractivity contribution in [3.63, 3.8) is 0 Å². The van der Waals surface area contributed by atoms with Gasteiger partial charge in [0.05, 0.1) is 4.92 Å². The number of nitro groups is 1. The molecule has 1 aromatic rings. The van der Waals surface area contributed by atoms with Crippen molar-refractivity contribution < 1.29 is 13.3 Å². The van der Waals surface area contributed by atoms with Crippen molar-refractivity contribution in [2.75, 3.05) is 0 Å². The van der Waals surface area contributed by atoms with Crippen molar-refractivity contribution in [1.29, 1.82) is 0 Å². The lowest BCUT2D eigenvalue weighted by Crippen LogP contribution is -2.41. The molecule has 7 nitrogen and oxygen atoms in total. The van der Waals surface area contributed by atoms with Crippen LogP contribution in [0.2, 0.25) is 0 Å². The van der Waals surface area contributed by atoms with E-state index in [9.17, 15) is 18.5 Å². The molecule has 1 rings (SSSR count). The Morgan fingerprint density at radius 1 is 1.21 bits per heavy atom. The second-order valence-electron chi connectivity index (χ2n) is 4.66. The third kappa shape index (κ3) is 3.27. The van der Waals surface area contributed by atoms with Crippen LogP contribution in [0.15, 0.2) is 23.4 Å². The van der Waals surface area contributed by atoms with Crippen LogP contribution in [-0.2, 0) is 10.0 Å². The van der Waals surface area contributed by atoms with Crippen LogP contribution < -0.4 is 0 Å². The van der Waals surface area contributed by atoms with E-state index in [1.807, 2.05) is 0 Å². The number of hydrogen-bond acceptors (Lipinski definition) is 5. The fourth-order valence-corrected chi connectivity index (χ4v) is 3.74. The zero-order valence-corrected chi connectivity index (χ0v) is 12.1. The number of aromatic nitrogens is 1. The first-order valence-electron chi connectivity index (χ1n) is 5.81. The molecule has 0 N–H and O–H groups in total. The molecule has 0 aliphatic carbocycles. The standard InChI is InChI=1S/C11H17N3O4S/c1-8(2)13(9(3)4)19(17,18)11-5-10(14(15)16)6-12-7-11/h5-9H,1-4H3. The minimum Gasteiger partial charge on any atom is -0.258 e. The van der Waals surface area contributed by atoms with Gasteiger partial charge in [-0.15, -0.1) is 0 Å². The fraction of sp³-hybridized carbons (Fsp3) is 0.545. The highest BCUT2D eigenvalue weighted by atomic mass is 32.2. The van der Waals surface area contributed by atoms with Gasteiger partial charge in [-0.25, -0.2) is 8.42 Å². The van der Waals surface area contributed by atoms with Crippen LogP contribution in [0.1, 0.15) is 27.7 Å². The lowest BCUT2D eigenvalue weighted by molar-refractivity contribution is -0.385. The summed E-state index contributed by atoms with van der Waals surface area (Å²) in [6.45, 7) is 7.01. The molecule has 0 amide bonds. The van der Waals surface area contributed by atoms with Crippen LogP contribution in [0.3, 0.4) is 0 Å². The van der Waals surface area contributed by atoms with E-state index in [-0.39, 0.29) is 22.7 Å². The predicted molar refractivity (Wildman–Crippen MR) is 70.2 cm³/mol. The molecule has 0 bridgehead atoms. The van der Waals surface area contributed by atoms with E-state index >= 15 is 0 Å². The molecule has 0 spiro atoms. The monoisotopic (exact) mass is 287 g/mol. The van der Waals surface area contributed by atoms with Crippen LogP contribution >= 0.6 is 0 Å². The minimum absolute atomic E-state index is 0.163. The Labute approximate surface area is 112 Å². The smallest absolute Gasteiger partial charge is 0.258 e. The maximum atomic E-state index is 12.5. The molecule has 0 atom stereocenters. The average Bonchev–Trinajstić information content (AvgIpc) is 2.27. The van der Waals surface area contributed by atoms with Crippen molar-refractivity contribution in [3.05, 3.63) is 28.6 Å². The van der Waals surface area contributed by atoms with E-state index < -0.39 is 14.9 Å². The Morgan fingerprint density at radius 3 is 2.16 bits per heavy atom. The summed E-state index contributed by atoms with van der Waals surface area (Å²) in [6, 6.07) is 0.536. The molecule has 106 valence electrons. The molecular weight excluding hydrogens is 270 g/mol. The van der Waals surface area contributed by atoms with Gasteiger partial charge in [-0.05, 0) is 27.7 Å². The van der Waals surface area contributed by atoms with Crippen LogP contribution in [0.4, 0.5) is 5.69 Å². The topological polar surface area (TPSA) is 93.4 Å². The highest BCUT2D eigenvalue weighted by Gasteiger charge is 2.30. The molecule has 0 aromatic carbocycles. The number of nitrogens with zero attached hydrogens (tertiary/aromatic N) is 3. The van der Waals surface area contributed by atoms with Gasteiger partial charge in [0.2, 0.25) is 10.0 Å². The molecule has 0 unspecified atom stereocenters. The summed E-state index contributed by atoms with van der Waals surface area (Å²) in [4.78, 5) is 13.5. The van der Waals surface area contributed by atoms with Gasteiger partial charge in [0.1, 0.15) is 11.1 Å². The zero-order valence-electron chi connectivity index (χ0n) is 11.3. The molecule has 1 aromatic heterocycles. The van der Waals surface area contributed by atoms with Crippen LogP contribution in [-0.4, -0.2) is 34.7 Å². The minimum atomic E-state index is -3.79. The number of sulfonamides is 1. The SMILES string of the molecule is CC(C)N(C(C)C)S(=O)(=O)c1cncc([N+](=O)[O-])c1. The van der Waals surface area contributed by atoms with Gasteiger partial charge in [-0.2, -0.15) is 4.31 Å². The molecule has 0 radical (unpaired) electrons. The maximum absolute atomic E-state index is 12.5. The first-order valence-corrected chi connectivity index (χ1v) is 7.25. The highest BCUT2D eigenvalue weighted by Crippen LogP contribution is 2.23. The van der Waals surface area contributed by atoms with Crippen LogP contribution in [0.5, 0.6) is 0 Å². The van der Waals surface area contributed by atoms with E-state index in [0.29, 0.717) is 0 Å². The Bertz CT molecular complexity index is 561. The van der Waals surface area contributed by atoms with Crippen molar-refractivity contribution in [3.8, 4) is 0 Å². The van der Waals surface area contributed by atoms with E-state index in [4.69, 9.17) is 0 Å². The first-order chi connectivity index (χ1) is 8.67. The highest BCUT2D eigenvalue weighted by molar-refractivity contribution is 7.89. The largest absolute Gasteiger partial charge is 0.288 e. The van der Waals surface area contributed by atoms with Crippen LogP contribution in [0.25, 0.3) is 0 Å². The summed E-state index contributed by atoms with van der Waals surface area (Å²) in [5.41, 5.74) is -0.339. The average molecular weight is 287 g/mol. The summed E-state index contributed by atoms with van der Waals surface area (Å²) in [7, 11) is -3.79. The summed E-state index contributed by atoms with van der Waals surface area (Å²) >= 11 is 0. The molecule has 0 saturated carbocycles. The number of hydrogen-bond donors (Lipinski definition) is 0. The van der Waals surface area contributed by atoms with Gasteiger partial charge in [0.25, 0.3) is 5.69 Å². The molecule has 1 heterocycles. The zero-order chi connectivity index (χ0) is 14.8. The van der Waals surface area contributed by atoms with Gasteiger partial charge >= 0.3 is 0 Å². The number of rotatable bonds is 5. The third-order valence-corrected chi connectivity index (χ3v) is 4.72.